The lowest BCUT2D eigenvalue weighted by molar-refractivity contribution is 0.227. The molecular formula is C15H20N2O2. The second-order valence-corrected chi connectivity index (χ2v) is 5.15. The minimum absolute atomic E-state index is 0.0791. The van der Waals surface area contributed by atoms with Crippen LogP contribution in [0, 0.1) is 16.7 Å². The molecule has 0 heterocycles. The third-order valence-electron chi connectivity index (χ3n) is 3.61. The number of nitriles is 1. The van der Waals surface area contributed by atoms with Crippen molar-refractivity contribution in [1.82, 2.24) is 0 Å². The normalized spacial score (nSPS) is 15.6. The smallest absolute Gasteiger partial charge is 0.161 e. The highest BCUT2D eigenvalue weighted by Crippen LogP contribution is 2.49. The van der Waals surface area contributed by atoms with Crippen LogP contribution in [0.2, 0.25) is 0 Å². The minimum Gasteiger partial charge on any atom is -0.493 e. The number of nitrogens with two attached hydrogens (primary N) is 1. The molecule has 0 radical (unpaired) electrons. The second kappa shape index (κ2) is 5.94. The van der Waals surface area contributed by atoms with Gasteiger partial charge in [0.05, 0.1) is 19.8 Å². The van der Waals surface area contributed by atoms with Crippen LogP contribution in [0.5, 0.6) is 11.5 Å². The highest BCUT2D eigenvalue weighted by molar-refractivity contribution is 5.43. The molecule has 2 rings (SSSR count). The summed E-state index contributed by atoms with van der Waals surface area (Å²) in [5, 5.41) is 8.79. The van der Waals surface area contributed by atoms with E-state index in [0.717, 1.165) is 36.3 Å². The van der Waals surface area contributed by atoms with E-state index in [2.05, 4.69) is 6.07 Å². The Balaban J connectivity index is 2.02. The highest BCUT2D eigenvalue weighted by Gasteiger charge is 2.43. The number of hydrogen-bond donors (Lipinski definition) is 1. The van der Waals surface area contributed by atoms with E-state index >= 15 is 0 Å². The van der Waals surface area contributed by atoms with Gasteiger partial charge in [-0.2, -0.15) is 5.26 Å². The molecule has 0 aliphatic heterocycles. The molecule has 0 saturated heterocycles. The molecule has 0 unspecified atom stereocenters. The van der Waals surface area contributed by atoms with Gasteiger partial charge in [-0.25, -0.2) is 0 Å². The monoisotopic (exact) mass is 260 g/mol. The van der Waals surface area contributed by atoms with E-state index in [4.69, 9.17) is 20.5 Å². The van der Waals surface area contributed by atoms with E-state index in [-0.39, 0.29) is 5.41 Å². The lowest BCUT2D eigenvalue weighted by atomic mass is 10.1. The second-order valence-electron chi connectivity index (χ2n) is 5.15. The minimum atomic E-state index is 0.0791. The summed E-state index contributed by atoms with van der Waals surface area (Å²) in [6, 6.07) is 8.13. The molecule has 4 nitrogen and oxygen atoms in total. The Bertz CT molecular complexity index is 476. The first kappa shape index (κ1) is 13.7. The van der Waals surface area contributed by atoms with Crippen LogP contribution in [0.3, 0.4) is 0 Å². The fraction of sp³-hybridized carbons (Fsp3) is 0.533. The van der Waals surface area contributed by atoms with Crippen LogP contribution in [-0.2, 0) is 6.42 Å². The maximum atomic E-state index is 8.79. The molecule has 1 fully saturated rings. The van der Waals surface area contributed by atoms with Gasteiger partial charge in [-0.1, -0.05) is 6.07 Å². The van der Waals surface area contributed by atoms with Crippen LogP contribution in [0.15, 0.2) is 18.2 Å². The fourth-order valence-corrected chi connectivity index (χ4v) is 2.10. The van der Waals surface area contributed by atoms with Crippen LogP contribution >= 0.6 is 0 Å². The van der Waals surface area contributed by atoms with Gasteiger partial charge >= 0.3 is 0 Å². The van der Waals surface area contributed by atoms with E-state index in [0.29, 0.717) is 19.6 Å². The van der Waals surface area contributed by atoms with Crippen molar-refractivity contribution in [2.75, 3.05) is 20.3 Å². The third kappa shape index (κ3) is 3.39. The van der Waals surface area contributed by atoms with Crippen molar-refractivity contribution in [2.45, 2.75) is 25.7 Å². The summed E-state index contributed by atoms with van der Waals surface area (Å²) in [4.78, 5) is 0. The summed E-state index contributed by atoms with van der Waals surface area (Å²) in [7, 11) is 1.64. The van der Waals surface area contributed by atoms with Gasteiger partial charge in [0.1, 0.15) is 0 Å². The Morgan fingerprint density at radius 1 is 1.37 bits per heavy atom. The third-order valence-corrected chi connectivity index (χ3v) is 3.61. The topological polar surface area (TPSA) is 68.3 Å². The van der Waals surface area contributed by atoms with Crippen molar-refractivity contribution in [2.24, 2.45) is 11.1 Å². The first-order valence-electron chi connectivity index (χ1n) is 6.60. The summed E-state index contributed by atoms with van der Waals surface area (Å²) in [5.74, 6) is 1.48. The summed E-state index contributed by atoms with van der Waals surface area (Å²) in [6.07, 6.45) is 3.55. The maximum Gasteiger partial charge on any atom is 0.161 e. The number of nitrogens with zero attached hydrogens (tertiary/aromatic N) is 1. The number of rotatable bonds is 7. The summed E-state index contributed by atoms with van der Waals surface area (Å²) >= 11 is 0. The van der Waals surface area contributed by atoms with Crippen molar-refractivity contribution < 1.29 is 9.47 Å². The largest absolute Gasteiger partial charge is 0.493 e. The van der Waals surface area contributed by atoms with E-state index < -0.39 is 0 Å². The summed E-state index contributed by atoms with van der Waals surface area (Å²) < 4.78 is 11.2. The summed E-state index contributed by atoms with van der Waals surface area (Å²) in [5.41, 5.74) is 6.77. The van der Waals surface area contributed by atoms with Crippen molar-refractivity contribution in [3.63, 3.8) is 0 Å². The van der Waals surface area contributed by atoms with Gasteiger partial charge < -0.3 is 15.2 Å². The molecule has 1 aliphatic carbocycles. The predicted octanol–water partition coefficient (Wildman–Crippen LogP) is 2.27. The van der Waals surface area contributed by atoms with E-state index in [1.54, 1.807) is 7.11 Å². The molecule has 0 aromatic heterocycles. The Hall–Kier alpha value is -1.73. The Labute approximate surface area is 114 Å². The molecule has 1 aliphatic rings. The van der Waals surface area contributed by atoms with Gasteiger partial charge in [0, 0.05) is 11.8 Å². The molecule has 102 valence electrons. The van der Waals surface area contributed by atoms with Gasteiger partial charge in [-0.3, -0.25) is 0 Å². The van der Waals surface area contributed by atoms with E-state index in [9.17, 15) is 0 Å². The van der Waals surface area contributed by atoms with Gasteiger partial charge in [0.2, 0.25) is 0 Å². The summed E-state index contributed by atoms with van der Waals surface area (Å²) in [6.45, 7) is 1.21. The molecule has 0 bridgehead atoms. The zero-order valence-corrected chi connectivity index (χ0v) is 11.3. The number of ether oxygens (including phenoxy) is 2. The Kier molecular flexibility index (Phi) is 4.28. The van der Waals surface area contributed by atoms with Crippen LogP contribution < -0.4 is 15.2 Å². The molecule has 1 saturated carbocycles. The lowest BCUT2D eigenvalue weighted by Crippen LogP contribution is -2.13. The van der Waals surface area contributed by atoms with Crippen LogP contribution in [0.4, 0.5) is 0 Å². The maximum absolute atomic E-state index is 8.79. The molecule has 0 spiro atoms. The van der Waals surface area contributed by atoms with Gasteiger partial charge in [-0.05, 0) is 43.5 Å². The van der Waals surface area contributed by atoms with Crippen molar-refractivity contribution in [3.8, 4) is 17.6 Å². The lowest BCUT2D eigenvalue weighted by Gasteiger charge is -2.16. The Morgan fingerprint density at radius 2 is 2.16 bits per heavy atom. The number of benzene rings is 1. The van der Waals surface area contributed by atoms with Crippen LogP contribution in [0.1, 0.15) is 24.8 Å². The first-order valence-corrected chi connectivity index (χ1v) is 6.60. The molecule has 0 atom stereocenters. The van der Waals surface area contributed by atoms with Gasteiger partial charge in [0.25, 0.3) is 0 Å². The zero-order valence-electron chi connectivity index (χ0n) is 11.3. The fourth-order valence-electron chi connectivity index (χ4n) is 2.10. The van der Waals surface area contributed by atoms with Crippen LogP contribution in [-0.4, -0.2) is 20.3 Å². The van der Waals surface area contributed by atoms with Crippen molar-refractivity contribution in [1.29, 1.82) is 5.26 Å². The molecule has 1 aromatic carbocycles. The first-order chi connectivity index (χ1) is 9.23. The highest BCUT2D eigenvalue weighted by atomic mass is 16.5. The van der Waals surface area contributed by atoms with Crippen LogP contribution in [0.25, 0.3) is 0 Å². The molecule has 1 aromatic rings. The quantitative estimate of drug-likeness (QED) is 0.816. The average molecular weight is 260 g/mol. The molecule has 2 N–H and O–H groups in total. The van der Waals surface area contributed by atoms with Crippen molar-refractivity contribution in [3.05, 3.63) is 23.8 Å². The average Bonchev–Trinajstić information content (AvgIpc) is 3.18. The van der Waals surface area contributed by atoms with E-state index in [1.807, 2.05) is 18.2 Å². The predicted molar refractivity (Wildman–Crippen MR) is 73.1 cm³/mol. The number of hydrogen-bond acceptors (Lipinski definition) is 4. The standard InChI is InChI=1S/C15H20N2O2/c1-18-14-10-12(4-8-16)2-3-13(14)19-11-15(5-6-15)7-9-17/h2-3,10H,4-8,11,16H2,1H3. The Morgan fingerprint density at radius 3 is 2.74 bits per heavy atom. The van der Waals surface area contributed by atoms with Gasteiger partial charge in [-0.15, -0.1) is 0 Å². The molecule has 19 heavy (non-hydrogen) atoms. The SMILES string of the molecule is COc1cc(CCN)ccc1OCC1(CC#N)CC1. The zero-order chi connectivity index (χ0) is 13.7. The molecular weight excluding hydrogens is 240 g/mol. The van der Waals surface area contributed by atoms with Crippen molar-refractivity contribution >= 4 is 0 Å². The number of methoxy groups -OCH3 is 1. The van der Waals surface area contributed by atoms with E-state index in [1.165, 1.54) is 0 Å². The molecule has 4 heteroatoms. The van der Waals surface area contributed by atoms with Gasteiger partial charge in [0.15, 0.2) is 11.5 Å². The molecule has 0 amide bonds.